The van der Waals surface area contributed by atoms with Crippen molar-refractivity contribution in [3.63, 3.8) is 0 Å². The summed E-state index contributed by atoms with van der Waals surface area (Å²) in [6.07, 6.45) is 2.83. The van der Waals surface area contributed by atoms with E-state index >= 15 is 0 Å². The van der Waals surface area contributed by atoms with Crippen LogP contribution in [-0.2, 0) is 30.7 Å². The highest BCUT2D eigenvalue weighted by Gasteiger charge is 2.25. The molecule has 1 aliphatic rings. The standard InChI is InChI=1S/C22H33N5O/c1-5-18-6-8-19(9-7-18)15-26-11-10-21-24-25-22(27(21)13-12-26)20(14-16(2)3)23-17(4)28/h6-9,16,20H,5,10-15H2,1-4H3,(H,23,28). The second-order valence-corrected chi connectivity index (χ2v) is 8.20. The maximum Gasteiger partial charge on any atom is 0.217 e. The minimum Gasteiger partial charge on any atom is -0.346 e. The molecule has 152 valence electrons. The molecule has 6 nitrogen and oxygen atoms in total. The highest BCUT2D eigenvalue weighted by Crippen LogP contribution is 2.22. The summed E-state index contributed by atoms with van der Waals surface area (Å²) in [7, 11) is 0. The van der Waals surface area contributed by atoms with Gasteiger partial charge in [0.15, 0.2) is 5.82 Å². The Bertz CT molecular complexity index is 781. The van der Waals surface area contributed by atoms with Crippen LogP contribution in [0.15, 0.2) is 24.3 Å². The summed E-state index contributed by atoms with van der Waals surface area (Å²) < 4.78 is 2.23. The fourth-order valence-electron chi connectivity index (χ4n) is 3.89. The molecule has 2 heterocycles. The van der Waals surface area contributed by atoms with Crippen LogP contribution in [0.2, 0.25) is 0 Å². The molecule has 1 aromatic carbocycles. The molecular formula is C22H33N5O. The number of hydrogen-bond acceptors (Lipinski definition) is 4. The van der Waals surface area contributed by atoms with Crippen LogP contribution < -0.4 is 5.32 Å². The van der Waals surface area contributed by atoms with Crippen molar-refractivity contribution in [2.24, 2.45) is 5.92 Å². The topological polar surface area (TPSA) is 63.1 Å². The average molecular weight is 384 g/mol. The molecule has 6 heteroatoms. The summed E-state index contributed by atoms with van der Waals surface area (Å²) >= 11 is 0. The van der Waals surface area contributed by atoms with Crippen LogP contribution in [0.25, 0.3) is 0 Å². The van der Waals surface area contributed by atoms with Gasteiger partial charge in [0.05, 0.1) is 6.04 Å². The van der Waals surface area contributed by atoms with E-state index in [4.69, 9.17) is 0 Å². The van der Waals surface area contributed by atoms with Crippen LogP contribution in [0.4, 0.5) is 0 Å². The SMILES string of the molecule is CCc1ccc(CN2CCc3nnc(C(CC(C)C)NC(C)=O)n3CC2)cc1. The predicted molar refractivity (Wildman–Crippen MR) is 111 cm³/mol. The molecule has 0 bridgehead atoms. The number of amides is 1. The second-order valence-electron chi connectivity index (χ2n) is 8.20. The number of rotatable bonds is 7. The van der Waals surface area contributed by atoms with Crippen LogP contribution in [0, 0.1) is 5.92 Å². The fraction of sp³-hybridized carbons (Fsp3) is 0.591. The van der Waals surface area contributed by atoms with E-state index in [9.17, 15) is 4.79 Å². The summed E-state index contributed by atoms with van der Waals surface area (Å²) in [5.74, 6) is 2.37. The van der Waals surface area contributed by atoms with Gasteiger partial charge in [0.25, 0.3) is 0 Å². The van der Waals surface area contributed by atoms with Gasteiger partial charge in [0.2, 0.25) is 5.91 Å². The summed E-state index contributed by atoms with van der Waals surface area (Å²) in [4.78, 5) is 14.2. The lowest BCUT2D eigenvalue weighted by atomic mass is 10.0. The molecule has 0 radical (unpaired) electrons. The van der Waals surface area contributed by atoms with Crippen molar-refractivity contribution >= 4 is 5.91 Å². The lowest BCUT2D eigenvalue weighted by Gasteiger charge is -2.22. The minimum atomic E-state index is -0.0770. The smallest absolute Gasteiger partial charge is 0.217 e. The third-order valence-corrected chi connectivity index (χ3v) is 5.38. The Morgan fingerprint density at radius 2 is 1.82 bits per heavy atom. The van der Waals surface area contributed by atoms with E-state index in [0.29, 0.717) is 5.92 Å². The highest BCUT2D eigenvalue weighted by molar-refractivity contribution is 5.73. The molecule has 0 spiro atoms. The zero-order chi connectivity index (χ0) is 20.1. The molecule has 1 amide bonds. The van der Waals surface area contributed by atoms with Crippen LogP contribution >= 0.6 is 0 Å². The first-order valence-electron chi connectivity index (χ1n) is 10.5. The van der Waals surface area contributed by atoms with E-state index < -0.39 is 0 Å². The van der Waals surface area contributed by atoms with Crippen LogP contribution in [0.5, 0.6) is 0 Å². The Morgan fingerprint density at radius 3 is 2.46 bits per heavy atom. The molecule has 2 aromatic rings. The maximum absolute atomic E-state index is 11.7. The van der Waals surface area contributed by atoms with Gasteiger partial charge in [0, 0.05) is 39.5 Å². The number of fused-ring (bicyclic) bond motifs is 1. The van der Waals surface area contributed by atoms with Gasteiger partial charge in [-0.25, -0.2) is 0 Å². The molecule has 1 atom stereocenters. The van der Waals surface area contributed by atoms with E-state index in [1.165, 1.54) is 11.1 Å². The van der Waals surface area contributed by atoms with Gasteiger partial charge in [-0.3, -0.25) is 9.69 Å². The monoisotopic (exact) mass is 383 g/mol. The Kier molecular flexibility index (Phi) is 6.83. The Balaban J connectivity index is 1.70. The molecule has 1 aromatic heterocycles. The summed E-state index contributed by atoms with van der Waals surface area (Å²) in [5, 5.41) is 12.0. The Morgan fingerprint density at radius 1 is 1.11 bits per heavy atom. The number of carbonyl (C=O) groups excluding carboxylic acids is 1. The van der Waals surface area contributed by atoms with Crippen molar-refractivity contribution in [2.75, 3.05) is 13.1 Å². The molecular weight excluding hydrogens is 350 g/mol. The van der Waals surface area contributed by atoms with Gasteiger partial charge in [-0.1, -0.05) is 45.0 Å². The van der Waals surface area contributed by atoms with Crippen LogP contribution in [0.1, 0.15) is 62.9 Å². The number of hydrogen-bond donors (Lipinski definition) is 1. The lowest BCUT2D eigenvalue weighted by Crippen LogP contribution is -2.31. The average Bonchev–Trinajstić information content (AvgIpc) is 2.96. The van der Waals surface area contributed by atoms with Gasteiger partial charge < -0.3 is 9.88 Å². The second kappa shape index (κ2) is 9.32. The zero-order valence-electron chi connectivity index (χ0n) is 17.6. The van der Waals surface area contributed by atoms with Gasteiger partial charge in [-0.2, -0.15) is 0 Å². The quantitative estimate of drug-likeness (QED) is 0.798. The van der Waals surface area contributed by atoms with Crippen LogP contribution in [0.3, 0.4) is 0 Å². The van der Waals surface area contributed by atoms with Crippen LogP contribution in [-0.4, -0.2) is 38.7 Å². The first kappa shape index (κ1) is 20.5. The Labute approximate surface area is 168 Å². The maximum atomic E-state index is 11.7. The van der Waals surface area contributed by atoms with Crippen molar-refractivity contribution in [1.82, 2.24) is 25.0 Å². The lowest BCUT2D eigenvalue weighted by molar-refractivity contribution is -0.119. The predicted octanol–water partition coefficient (Wildman–Crippen LogP) is 3.12. The summed E-state index contributed by atoms with van der Waals surface area (Å²) in [5.41, 5.74) is 2.73. The molecule has 0 aliphatic carbocycles. The number of nitrogens with one attached hydrogen (secondary N) is 1. The zero-order valence-corrected chi connectivity index (χ0v) is 17.6. The van der Waals surface area contributed by atoms with E-state index in [-0.39, 0.29) is 11.9 Å². The minimum absolute atomic E-state index is 0.0197. The highest BCUT2D eigenvalue weighted by atomic mass is 16.1. The normalized spacial score (nSPS) is 15.9. The van der Waals surface area contributed by atoms with Gasteiger partial charge in [-0.05, 0) is 29.9 Å². The van der Waals surface area contributed by atoms with Crippen molar-refractivity contribution in [2.45, 2.75) is 66.1 Å². The molecule has 0 saturated heterocycles. The fourth-order valence-corrected chi connectivity index (χ4v) is 3.89. The summed E-state index contributed by atoms with van der Waals surface area (Å²) in [6, 6.07) is 8.86. The van der Waals surface area contributed by atoms with Crippen molar-refractivity contribution in [1.29, 1.82) is 0 Å². The number of aryl methyl sites for hydroxylation is 1. The van der Waals surface area contributed by atoms with E-state index in [2.05, 4.69) is 70.0 Å². The molecule has 0 saturated carbocycles. The largest absolute Gasteiger partial charge is 0.346 e. The summed E-state index contributed by atoms with van der Waals surface area (Å²) in [6.45, 7) is 11.8. The van der Waals surface area contributed by atoms with Gasteiger partial charge in [0.1, 0.15) is 5.82 Å². The van der Waals surface area contributed by atoms with Crippen molar-refractivity contribution in [3.8, 4) is 0 Å². The molecule has 0 fully saturated rings. The number of nitrogens with zero attached hydrogens (tertiary/aromatic N) is 4. The molecule has 3 rings (SSSR count). The third-order valence-electron chi connectivity index (χ3n) is 5.38. The van der Waals surface area contributed by atoms with Gasteiger partial charge in [-0.15, -0.1) is 10.2 Å². The van der Waals surface area contributed by atoms with Crippen molar-refractivity contribution < 1.29 is 4.79 Å². The van der Waals surface area contributed by atoms with E-state index in [0.717, 1.165) is 57.1 Å². The first-order chi connectivity index (χ1) is 13.5. The number of carbonyl (C=O) groups is 1. The third kappa shape index (κ3) is 5.19. The molecule has 1 aliphatic heterocycles. The van der Waals surface area contributed by atoms with Crippen molar-refractivity contribution in [3.05, 3.63) is 47.0 Å². The molecule has 1 unspecified atom stereocenters. The van der Waals surface area contributed by atoms with E-state index in [1.807, 2.05) is 0 Å². The molecule has 28 heavy (non-hydrogen) atoms. The van der Waals surface area contributed by atoms with E-state index in [1.54, 1.807) is 6.92 Å². The number of aromatic nitrogens is 3. The molecule has 1 N–H and O–H groups in total. The number of benzene rings is 1. The first-order valence-corrected chi connectivity index (χ1v) is 10.5. The Hall–Kier alpha value is -2.21. The van der Waals surface area contributed by atoms with Gasteiger partial charge >= 0.3 is 0 Å².